The minimum atomic E-state index is -0.873. The third-order valence-electron chi connectivity index (χ3n) is 2.55. The SMILES string of the molecule is O=C(O)[C@@H](CCO)CCOCc1ccccc1. The van der Waals surface area contributed by atoms with E-state index >= 15 is 0 Å². The third-order valence-corrected chi connectivity index (χ3v) is 2.55. The van der Waals surface area contributed by atoms with Crippen LogP contribution in [-0.2, 0) is 16.1 Å². The summed E-state index contributed by atoms with van der Waals surface area (Å²) in [5.74, 6) is -1.39. The number of aliphatic hydroxyl groups excluding tert-OH is 1. The van der Waals surface area contributed by atoms with Gasteiger partial charge in [0.05, 0.1) is 12.5 Å². The van der Waals surface area contributed by atoms with Gasteiger partial charge in [-0.3, -0.25) is 4.79 Å². The summed E-state index contributed by atoms with van der Waals surface area (Å²) in [6.45, 7) is 0.786. The predicted molar refractivity (Wildman–Crippen MR) is 63.5 cm³/mol. The normalized spacial score (nSPS) is 12.3. The Hall–Kier alpha value is -1.39. The van der Waals surface area contributed by atoms with Gasteiger partial charge in [-0.15, -0.1) is 0 Å². The van der Waals surface area contributed by atoms with E-state index < -0.39 is 11.9 Å². The zero-order valence-corrected chi connectivity index (χ0v) is 9.71. The molecule has 0 saturated heterocycles. The van der Waals surface area contributed by atoms with E-state index in [1.165, 1.54) is 0 Å². The molecule has 0 fully saturated rings. The lowest BCUT2D eigenvalue weighted by atomic mass is 10.0. The van der Waals surface area contributed by atoms with Crippen LogP contribution in [0.15, 0.2) is 30.3 Å². The van der Waals surface area contributed by atoms with E-state index in [1.807, 2.05) is 30.3 Å². The molecule has 4 heteroatoms. The van der Waals surface area contributed by atoms with Crippen LogP contribution >= 0.6 is 0 Å². The van der Waals surface area contributed by atoms with Crippen molar-refractivity contribution in [1.82, 2.24) is 0 Å². The molecule has 1 atom stereocenters. The van der Waals surface area contributed by atoms with Crippen LogP contribution in [0.1, 0.15) is 18.4 Å². The summed E-state index contributed by atoms with van der Waals surface area (Å²) in [4.78, 5) is 10.8. The van der Waals surface area contributed by atoms with E-state index in [0.29, 0.717) is 19.6 Å². The lowest BCUT2D eigenvalue weighted by Crippen LogP contribution is -2.17. The van der Waals surface area contributed by atoms with Crippen molar-refractivity contribution in [3.8, 4) is 0 Å². The van der Waals surface area contributed by atoms with Crippen LogP contribution in [0.2, 0.25) is 0 Å². The molecule has 17 heavy (non-hydrogen) atoms. The van der Waals surface area contributed by atoms with Gasteiger partial charge < -0.3 is 14.9 Å². The molecule has 0 aromatic heterocycles. The van der Waals surface area contributed by atoms with Crippen molar-refractivity contribution < 1.29 is 19.7 Å². The maximum absolute atomic E-state index is 10.8. The van der Waals surface area contributed by atoms with Gasteiger partial charge in [-0.25, -0.2) is 0 Å². The predicted octanol–water partition coefficient (Wildman–Crippen LogP) is 1.68. The van der Waals surface area contributed by atoms with Crippen LogP contribution < -0.4 is 0 Å². The average Bonchev–Trinajstić information content (AvgIpc) is 2.34. The van der Waals surface area contributed by atoms with Gasteiger partial charge in [0.1, 0.15) is 0 Å². The van der Waals surface area contributed by atoms with Crippen molar-refractivity contribution in [3.05, 3.63) is 35.9 Å². The minimum absolute atomic E-state index is 0.102. The number of hydrogen-bond acceptors (Lipinski definition) is 3. The number of aliphatic hydroxyl groups is 1. The van der Waals surface area contributed by atoms with Crippen molar-refractivity contribution in [2.24, 2.45) is 5.92 Å². The Morgan fingerprint density at radius 1 is 1.24 bits per heavy atom. The maximum atomic E-state index is 10.8. The van der Waals surface area contributed by atoms with Gasteiger partial charge >= 0.3 is 5.97 Å². The van der Waals surface area contributed by atoms with Crippen molar-refractivity contribution >= 4 is 5.97 Å². The molecular formula is C13H18O4. The van der Waals surface area contributed by atoms with E-state index in [1.54, 1.807) is 0 Å². The third kappa shape index (κ3) is 5.47. The Labute approximate surface area is 101 Å². The van der Waals surface area contributed by atoms with Crippen LogP contribution in [0.25, 0.3) is 0 Å². The molecule has 4 nitrogen and oxygen atoms in total. The monoisotopic (exact) mass is 238 g/mol. The number of carboxylic acid groups (broad SMARTS) is 1. The molecule has 2 N–H and O–H groups in total. The summed E-state index contributed by atoms with van der Waals surface area (Å²) >= 11 is 0. The first kappa shape index (κ1) is 13.7. The van der Waals surface area contributed by atoms with Gasteiger partial charge in [0, 0.05) is 13.2 Å². The molecule has 0 aliphatic carbocycles. The molecule has 0 unspecified atom stereocenters. The summed E-state index contributed by atoms with van der Waals surface area (Å²) in [6.07, 6.45) is 0.715. The van der Waals surface area contributed by atoms with Crippen LogP contribution in [0.3, 0.4) is 0 Å². The number of hydrogen-bond donors (Lipinski definition) is 2. The van der Waals surface area contributed by atoms with Crippen molar-refractivity contribution in [3.63, 3.8) is 0 Å². The quantitative estimate of drug-likeness (QED) is 0.676. The Morgan fingerprint density at radius 2 is 1.94 bits per heavy atom. The molecule has 0 amide bonds. The van der Waals surface area contributed by atoms with Crippen molar-refractivity contribution in [1.29, 1.82) is 0 Å². The number of rotatable bonds is 8. The zero-order valence-electron chi connectivity index (χ0n) is 9.71. The Balaban J connectivity index is 2.20. The number of aliphatic carboxylic acids is 1. The van der Waals surface area contributed by atoms with Gasteiger partial charge in [-0.05, 0) is 18.4 Å². The Bertz CT molecular complexity index is 323. The van der Waals surface area contributed by atoms with Crippen molar-refractivity contribution in [2.45, 2.75) is 19.4 Å². The smallest absolute Gasteiger partial charge is 0.306 e. The zero-order chi connectivity index (χ0) is 12.5. The molecule has 0 aliphatic heterocycles. The van der Waals surface area contributed by atoms with Crippen molar-refractivity contribution in [2.75, 3.05) is 13.2 Å². The highest BCUT2D eigenvalue weighted by Gasteiger charge is 2.16. The fourth-order valence-electron chi connectivity index (χ4n) is 1.54. The largest absolute Gasteiger partial charge is 0.481 e. The summed E-state index contributed by atoms with van der Waals surface area (Å²) in [7, 11) is 0. The lowest BCUT2D eigenvalue weighted by molar-refractivity contribution is -0.143. The molecule has 0 bridgehead atoms. The summed E-state index contributed by atoms with van der Waals surface area (Å²) in [5, 5.41) is 17.6. The summed E-state index contributed by atoms with van der Waals surface area (Å²) in [6, 6.07) is 9.73. The minimum Gasteiger partial charge on any atom is -0.481 e. The fourth-order valence-corrected chi connectivity index (χ4v) is 1.54. The topological polar surface area (TPSA) is 66.8 Å². The van der Waals surface area contributed by atoms with Gasteiger partial charge in [0.15, 0.2) is 0 Å². The van der Waals surface area contributed by atoms with Gasteiger partial charge in [0.2, 0.25) is 0 Å². The summed E-state index contributed by atoms with van der Waals surface area (Å²) in [5.41, 5.74) is 1.07. The maximum Gasteiger partial charge on any atom is 0.306 e. The number of ether oxygens (including phenoxy) is 1. The van der Waals surface area contributed by atoms with Gasteiger partial charge in [-0.1, -0.05) is 30.3 Å². The molecule has 0 aliphatic rings. The lowest BCUT2D eigenvalue weighted by Gasteiger charge is -2.10. The Morgan fingerprint density at radius 3 is 2.53 bits per heavy atom. The van der Waals surface area contributed by atoms with Gasteiger partial charge in [0.25, 0.3) is 0 Å². The molecule has 0 saturated carbocycles. The average molecular weight is 238 g/mol. The molecule has 94 valence electrons. The molecule has 1 aromatic rings. The molecule has 0 radical (unpaired) electrons. The van der Waals surface area contributed by atoms with E-state index in [4.69, 9.17) is 14.9 Å². The van der Waals surface area contributed by atoms with E-state index in [9.17, 15) is 4.79 Å². The number of carbonyl (C=O) groups is 1. The Kier molecular flexibility index (Phi) is 6.29. The van der Waals surface area contributed by atoms with Crippen LogP contribution in [-0.4, -0.2) is 29.4 Å². The summed E-state index contributed by atoms with van der Waals surface area (Å²) < 4.78 is 5.40. The van der Waals surface area contributed by atoms with Crippen LogP contribution in [0.5, 0.6) is 0 Å². The second kappa shape index (κ2) is 7.81. The second-order valence-electron chi connectivity index (χ2n) is 3.87. The van der Waals surface area contributed by atoms with E-state index in [0.717, 1.165) is 5.56 Å². The standard InChI is InChI=1S/C13H18O4/c14-8-6-12(13(15)16)7-9-17-10-11-4-2-1-3-5-11/h1-5,12,14H,6-10H2,(H,15,16)/t12-/m0/s1. The van der Waals surface area contributed by atoms with E-state index in [-0.39, 0.29) is 13.0 Å². The van der Waals surface area contributed by atoms with Crippen LogP contribution in [0.4, 0.5) is 0 Å². The highest BCUT2D eigenvalue weighted by molar-refractivity contribution is 5.69. The fraction of sp³-hybridized carbons (Fsp3) is 0.462. The molecular weight excluding hydrogens is 220 g/mol. The number of carboxylic acids is 1. The first-order chi connectivity index (χ1) is 8.24. The highest BCUT2D eigenvalue weighted by atomic mass is 16.5. The van der Waals surface area contributed by atoms with Crippen LogP contribution in [0, 0.1) is 5.92 Å². The second-order valence-corrected chi connectivity index (χ2v) is 3.87. The molecule has 1 rings (SSSR count). The van der Waals surface area contributed by atoms with Gasteiger partial charge in [-0.2, -0.15) is 0 Å². The molecule has 0 spiro atoms. The highest BCUT2D eigenvalue weighted by Crippen LogP contribution is 2.09. The first-order valence-corrected chi connectivity index (χ1v) is 5.69. The molecule has 1 aromatic carbocycles. The van der Waals surface area contributed by atoms with E-state index in [2.05, 4.69) is 0 Å². The number of benzene rings is 1. The molecule has 0 heterocycles. The first-order valence-electron chi connectivity index (χ1n) is 5.69.